The van der Waals surface area contributed by atoms with Gasteiger partial charge in [0.15, 0.2) is 0 Å². The lowest BCUT2D eigenvalue weighted by Crippen LogP contribution is -2.20. The van der Waals surface area contributed by atoms with Gasteiger partial charge in [0.1, 0.15) is 24.7 Å². The lowest BCUT2D eigenvalue weighted by atomic mass is 10.1. The third kappa shape index (κ3) is 5.35. The zero-order valence-electron chi connectivity index (χ0n) is 17.4. The van der Waals surface area contributed by atoms with E-state index < -0.39 is 0 Å². The molecule has 6 heteroatoms. The van der Waals surface area contributed by atoms with Crippen LogP contribution in [0.15, 0.2) is 97.1 Å². The van der Waals surface area contributed by atoms with E-state index in [2.05, 4.69) is 10.6 Å². The summed E-state index contributed by atoms with van der Waals surface area (Å²) in [5, 5.41) is 5.81. The van der Waals surface area contributed by atoms with Crippen molar-refractivity contribution in [3.05, 3.63) is 97.1 Å². The topological polar surface area (TPSA) is 76.7 Å². The van der Waals surface area contributed by atoms with Gasteiger partial charge in [-0.05, 0) is 24.3 Å². The molecular weight excluding hydrogens is 404 g/mol. The fourth-order valence-electron chi connectivity index (χ4n) is 3.34. The van der Waals surface area contributed by atoms with Crippen molar-refractivity contribution in [3.8, 4) is 11.5 Å². The fourth-order valence-corrected chi connectivity index (χ4v) is 3.34. The number of hydrogen-bond donors (Lipinski definition) is 2. The zero-order chi connectivity index (χ0) is 22.2. The number of para-hydroxylation sites is 4. The highest BCUT2D eigenvalue weighted by molar-refractivity contribution is 5.97. The smallest absolute Gasteiger partial charge is 0.235 e. The van der Waals surface area contributed by atoms with Gasteiger partial charge in [-0.2, -0.15) is 0 Å². The van der Waals surface area contributed by atoms with Gasteiger partial charge in [0.2, 0.25) is 11.8 Å². The van der Waals surface area contributed by atoms with E-state index in [-0.39, 0.29) is 36.9 Å². The minimum atomic E-state index is -0.270. The quantitative estimate of drug-likeness (QED) is 0.577. The van der Waals surface area contributed by atoms with Crippen LogP contribution < -0.4 is 20.1 Å². The van der Waals surface area contributed by atoms with Crippen molar-refractivity contribution < 1.29 is 19.1 Å². The maximum Gasteiger partial charge on any atom is 0.235 e. The van der Waals surface area contributed by atoms with Crippen LogP contribution in [-0.4, -0.2) is 25.0 Å². The van der Waals surface area contributed by atoms with E-state index in [0.29, 0.717) is 22.9 Å². The molecule has 4 rings (SSSR count). The number of nitrogens with one attached hydrogen (secondary N) is 2. The van der Waals surface area contributed by atoms with Crippen LogP contribution in [0.5, 0.6) is 11.5 Å². The molecule has 2 N–H and O–H groups in total. The molecule has 6 nitrogen and oxygen atoms in total. The molecule has 0 fully saturated rings. The second-order valence-electron chi connectivity index (χ2n) is 7.26. The van der Waals surface area contributed by atoms with Crippen LogP contribution in [-0.2, 0) is 9.59 Å². The average molecular weight is 428 g/mol. The Morgan fingerprint density at radius 2 is 1.00 bits per heavy atom. The largest absolute Gasteiger partial charge is 0.488 e. The molecule has 2 aromatic rings. The molecule has 0 aliphatic heterocycles. The van der Waals surface area contributed by atoms with Crippen LogP contribution in [0.4, 0.5) is 11.4 Å². The van der Waals surface area contributed by atoms with Crippen LogP contribution in [0, 0.1) is 11.8 Å². The van der Waals surface area contributed by atoms with E-state index in [4.69, 9.17) is 9.47 Å². The molecule has 2 aromatic carbocycles. The van der Waals surface area contributed by atoms with Gasteiger partial charge in [-0.3, -0.25) is 9.59 Å². The van der Waals surface area contributed by atoms with Gasteiger partial charge in [0.05, 0.1) is 23.2 Å². The average Bonchev–Trinajstić information content (AvgIpc) is 3.53. The Bertz CT molecular complexity index is 989. The molecule has 32 heavy (non-hydrogen) atoms. The van der Waals surface area contributed by atoms with Gasteiger partial charge in [0, 0.05) is 0 Å². The summed E-state index contributed by atoms with van der Waals surface area (Å²) < 4.78 is 11.7. The number of anilines is 2. The van der Waals surface area contributed by atoms with Crippen molar-refractivity contribution in [2.75, 3.05) is 23.8 Å². The van der Waals surface area contributed by atoms with E-state index in [1.807, 2.05) is 72.9 Å². The first-order valence-electron chi connectivity index (χ1n) is 10.5. The van der Waals surface area contributed by atoms with Crippen molar-refractivity contribution in [2.24, 2.45) is 11.8 Å². The normalized spacial score (nSPS) is 14.6. The first kappa shape index (κ1) is 21.2. The van der Waals surface area contributed by atoms with Gasteiger partial charge < -0.3 is 20.1 Å². The Kier molecular flexibility index (Phi) is 6.82. The number of carbonyl (C=O) groups is 2. The van der Waals surface area contributed by atoms with E-state index in [1.165, 1.54) is 0 Å². The second-order valence-corrected chi connectivity index (χ2v) is 7.26. The van der Waals surface area contributed by atoms with Crippen molar-refractivity contribution in [1.29, 1.82) is 0 Å². The fraction of sp³-hybridized carbons (Fsp3) is 0.154. The lowest BCUT2D eigenvalue weighted by Gasteiger charge is -2.16. The van der Waals surface area contributed by atoms with Crippen LogP contribution in [0.25, 0.3) is 0 Å². The SMILES string of the molecule is O=C(Nc1ccccc1OCCOc1ccccc1NC(=O)C1C=CC=C1)C1C=CC=C1. The number of allylic oxidation sites excluding steroid dienone is 4. The minimum Gasteiger partial charge on any atom is -0.488 e. The summed E-state index contributed by atoms with van der Waals surface area (Å²) in [6.07, 6.45) is 14.8. The molecule has 0 aromatic heterocycles. The number of ether oxygens (including phenoxy) is 2. The Labute approximate surface area is 186 Å². The van der Waals surface area contributed by atoms with Gasteiger partial charge in [-0.15, -0.1) is 0 Å². The Hall–Kier alpha value is -4.06. The van der Waals surface area contributed by atoms with Crippen LogP contribution >= 0.6 is 0 Å². The predicted octanol–water partition coefficient (Wildman–Crippen LogP) is 4.51. The summed E-state index contributed by atoms with van der Waals surface area (Å²) in [7, 11) is 0. The summed E-state index contributed by atoms with van der Waals surface area (Å²) in [6, 6.07) is 14.6. The molecule has 0 bridgehead atoms. The molecule has 0 saturated carbocycles. The molecule has 0 heterocycles. The summed E-state index contributed by atoms with van der Waals surface area (Å²) in [5.41, 5.74) is 1.22. The highest BCUT2D eigenvalue weighted by Crippen LogP contribution is 2.27. The van der Waals surface area contributed by atoms with Gasteiger partial charge >= 0.3 is 0 Å². The molecule has 0 atom stereocenters. The molecule has 0 spiro atoms. The zero-order valence-corrected chi connectivity index (χ0v) is 17.4. The Morgan fingerprint density at radius 3 is 1.41 bits per heavy atom. The maximum atomic E-state index is 12.4. The molecule has 2 amide bonds. The molecule has 2 aliphatic carbocycles. The van der Waals surface area contributed by atoms with E-state index in [1.54, 1.807) is 24.3 Å². The standard InChI is InChI=1S/C26H24N2O4/c29-25(19-9-1-2-10-19)27-21-13-5-7-15-23(21)31-17-18-32-24-16-8-6-14-22(24)28-26(30)20-11-3-4-12-20/h1-16,19-20H,17-18H2,(H,27,29)(H,28,30). The van der Waals surface area contributed by atoms with Gasteiger partial charge in [0.25, 0.3) is 0 Å². The van der Waals surface area contributed by atoms with Crippen molar-refractivity contribution >= 4 is 23.2 Å². The van der Waals surface area contributed by atoms with Crippen molar-refractivity contribution in [2.45, 2.75) is 0 Å². The Balaban J connectivity index is 1.30. The monoisotopic (exact) mass is 428 g/mol. The van der Waals surface area contributed by atoms with E-state index in [0.717, 1.165) is 0 Å². The molecule has 162 valence electrons. The summed E-state index contributed by atoms with van der Waals surface area (Å²) >= 11 is 0. The maximum absolute atomic E-state index is 12.4. The number of carbonyl (C=O) groups excluding carboxylic acids is 2. The molecule has 0 unspecified atom stereocenters. The Morgan fingerprint density at radius 1 is 0.625 bits per heavy atom. The first-order valence-corrected chi connectivity index (χ1v) is 10.5. The van der Waals surface area contributed by atoms with Crippen molar-refractivity contribution in [1.82, 2.24) is 0 Å². The van der Waals surface area contributed by atoms with Crippen LogP contribution in [0.1, 0.15) is 0 Å². The van der Waals surface area contributed by atoms with E-state index in [9.17, 15) is 9.59 Å². The molecule has 0 saturated heterocycles. The number of hydrogen-bond acceptors (Lipinski definition) is 4. The third-order valence-electron chi connectivity index (χ3n) is 4.99. The highest BCUT2D eigenvalue weighted by atomic mass is 16.5. The molecule has 0 radical (unpaired) electrons. The minimum absolute atomic E-state index is 0.112. The number of benzene rings is 2. The van der Waals surface area contributed by atoms with Crippen LogP contribution in [0.2, 0.25) is 0 Å². The predicted molar refractivity (Wildman–Crippen MR) is 125 cm³/mol. The highest BCUT2D eigenvalue weighted by Gasteiger charge is 2.17. The second kappa shape index (κ2) is 10.3. The summed E-state index contributed by atoms with van der Waals surface area (Å²) in [4.78, 5) is 24.7. The first-order chi connectivity index (χ1) is 15.7. The number of amides is 2. The summed E-state index contributed by atoms with van der Waals surface area (Å²) in [6.45, 7) is 0.541. The van der Waals surface area contributed by atoms with Crippen molar-refractivity contribution in [3.63, 3.8) is 0 Å². The summed E-state index contributed by atoms with van der Waals surface area (Å²) in [5.74, 6) is 0.369. The molecule has 2 aliphatic rings. The van der Waals surface area contributed by atoms with Gasteiger partial charge in [-0.1, -0.05) is 72.9 Å². The van der Waals surface area contributed by atoms with Gasteiger partial charge in [-0.25, -0.2) is 0 Å². The van der Waals surface area contributed by atoms with E-state index >= 15 is 0 Å². The third-order valence-corrected chi connectivity index (χ3v) is 4.99. The molecular formula is C26H24N2O4. The van der Waals surface area contributed by atoms with Crippen LogP contribution in [0.3, 0.4) is 0 Å². The number of rotatable bonds is 9. The lowest BCUT2D eigenvalue weighted by molar-refractivity contribution is -0.118.